The first-order valence-corrected chi connectivity index (χ1v) is 7.04. The maximum absolute atomic E-state index is 12.0. The third-order valence-electron chi connectivity index (χ3n) is 3.22. The third-order valence-corrected chi connectivity index (χ3v) is 3.52. The molecule has 1 N–H and O–H groups in total. The largest absolute Gasteiger partial charge is 0.466 e. The van der Waals surface area contributed by atoms with Crippen molar-refractivity contribution >= 4 is 18.5 Å². The summed E-state index contributed by atoms with van der Waals surface area (Å²) in [6.45, 7) is 5.78. The second-order valence-corrected chi connectivity index (χ2v) is 5.52. The van der Waals surface area contributed by atoms with Gasteiger partial charge in [0.2, 0.25) is 5.91 Å². The molecule has 3 nitrogen and oxygen atoms in total. The molecule has 0 fully saturated rings. The highest BCUT2D eigenvalue weighted by atomic mass is 32.1. The van der Waals surface area contributed by atoms with Crippen LogP contribution in [-0.2, 0) is 11.2 Å². The summed E-state index contributed by atoms with van der Waals surface area (Å²) < 4.78 is 5.49. The van der Waals surface area contributed by atoms with E-state index in [0.717, 1.165) is 27.5 Å². The van der Waals surface area contributed by atoms with Crippen LogP contribution in [-0.4, -0.2) is 5.91 Å². The zero-order valence-corrected chi connectivity index (χ0v) is 12.8. The summed E-state index contributed by atoms with van der Waals surface area (Å²) in [5, 5.41) is 3.00. The summed E-state index contributed by atoms with van der Waals surface area (Å²) in [7, 11) is 0. The quantitative estimate of drug-likeness (QED) is 0.844. The number of aryl methyl sites for hydroxylation is 2. The zero-order chi connectivity index (χ0) is 14.7. The Morgan fingerprint density at radius 2 is 1.95 bits per heavy atom. The van der Waals surface area contributed by atoms with E-state index in [1.807, 2.05) is 51.1 Å². The molecular formula is C16H19NO2S. The average Bonchev–Trinajstić information content (AvgIpc) is 2.71. The standard InChI is InChI=1S/C16H19NO2S/c1-10-8-15(12(3)19-10)11(2)17-16(18)9-13-4-6-14(20)7-5-13/h4-8,11,20H,9H2,1-3H3,(H,17,18). The van der Waals surface area contributed by atoms with Gasteiger partial charge < -0.3 is 9.73 Å². The lowest BCUT2D eigenvalue weighted by Crippen LogP contribution is -2.28. The van der Waals surface area contributed by atoms with Crippen LogP contribution in [0.25, 0.3) is 0 Å². The van der Waals surface area contributed by atoms with Crippen LogP contribution in [0, 0.1) is 13.8 Å². The van der Waals surface area contributed by atoms with Gasteiger partial charge in [-0.25, -0.2) is 0 Å². The highest BCUT2D eigenvalue weighted by molar-refractivity contribution is 7.80. The molecule has 1 amide bonds. The lowest BCUT2D eigenvalue weighted by Gasteiger charge is -2.13. The number of thiol groups is 1. The summed E-state index contributed by atoms with van der Waals surface area (Å²) in [5.41, 5.74) is 2.01. The Kier molecular flexibility index (Phi) is 4.55. The molecule has 0 aliphatic heterocycles. The molecule has 2 aromatic rings. The third kappa shape index (κ3) is 3.67. The van der Waals surface area contributed by atoms with Crippen LogP contribution in [0.1, 0.15) is 35.6 Å². The molecule has 0 saturated heterocycles. The van der Waals surface area contributed by atoms with Crippen LogP contribution >= 0.6 is 12.6 Å². The van der Waals surface area contributed by atoms with Gasteiger partial charge in [-0.1, -0.05) is 12.1 Å². The number of rotatable bonds is 4. The monoisotopic (exact) mass is 289 g/mol. The van der Waals surface area contributed by atoms with Gasteiger partial charge in [0.05, 0.1) is 12.5 Å². The van der Waals surface area contributed by atoms with Gasteiger partial charge in [-0.2, -0.15) is 0 Å². The minimum Gasteiger partial charge on any atom is -0.466 e. The number of furan rings is 1. The topological polar surface area (TPSA) is 42.2 Å². The van der Waals surface area contributed by atoms with Gasteiger partial charge in [-0.3, -0.25) is 4.79 Å². The first-order valence-electron chi connectivity index (χ1n) is 6.60. The lowest BCUT2D eigenvalue weighted by molar-refractivity contribution is -0.121. The predicted octanol–water partition coefficient (Wildman–Crippen LogP) is 3.61. The molecule has 0 saturated carbocycles. The number of nitrogens with one attached hydrogen (secondary N) is 1. The fourth-order valence-electron chi connectivity index (χ4n) is 2.25. The molecule has 0 radical (unpaired) electrons. The fourth-order valence-corrected chi connectivity index (χ4v) is 2.40. The highest BCUT2D eigenvalue weighted by Gasteiger charge is 2.15. The SMILES string of the molecule is Cc1cc(C(C)NC(=O)Cc2ccc(S)cc2)c(C)o1. The summed E-state index contributed by atoms with van der Waals surface area (Å²) in [6, 6.07) is 9.52. The number of hydrogen-bond acceptors (Lipinski definition) is 3. The Balaban J connectivity index is 1.97. The Morgan fingerprint density at radius 3 is 2.50 bits per heavy atom. The number of amides is 1. The Bertz CT molecular complexity index is 601. The fraction of sp³-hybridized carbons (Fsp3) is 0.312. The van der Waals surface area contributed by atoms with Crippen molar-refractivity contribution in [2.45, 2.75) is 38.1 Å². The van der Waals surface area contributed by atoms with E-state index in [2.05, 4.69) is 17.9 Å². The van der Waals surface area contributed by atoms with Crippen molar-refractivity contribution in [3.8, 4) is 0 Å². The van der Waals surface area contributed by atoms with Crippen molar-refractivity contribution in [1.82, 2.24) is 5.32 Å². The van der Waals surface area contributed by atoms with E-state index in [9.17, 15) is 4.79 Å². The normalized spacial score (nSPS) is 12.2. The number of benzene rings is 1. The second-order valence-electron chi connectivity index (χ2n) is 5.00. The lowest BCUT2D eigenvalue weighted by atomic mass is 10.1. The van der Waals surface area contributed by atoms with Crippen LogP contribution in [0.5, 0.6) is 0 Å². The molecule has 2 rings (SSSR count). The zero-order valence-electron chi connectivity index (χ0n) is 11.9. The molecule has 20 heavy (non-hydrogen) atoms. The van der Waals surface area contributed by atoms with Gasteiger partial charge in [-0.05, 0) is 44.5 Å². The maximum atomic E-state index is 12.0. The van der Waals surface area contributed by atoms with Gasteiger partial charge >= 0.3 is 0 Å². The molecule has 106 valence electrons. The average molecular weight is 289 g/mol. The first kappa shape index (κ1) is 14.7. The Labute approximate surface area is 124 Å². The highest BCUT2D eigenvalue weighted by Crippen LogP contribution is 2.21. The summed E-state index contributed by atoms with van der Waals surface area (Å²) in [5.74, 6) is 1.72. The smallest absolute Gasteiger partial charge is 0.224 e. The number of carbonyl (C=O) groups excluding carboxylic acids is 1. The minimum absolute atomic E-state index is 0.00247. The molecule has 1 aromatic heterocycles. The van der Waals surface area contributed by atoms with Crippen molar-refractivity contribution in [1.29, 1.82) is 0 Å². The molecule has 1 aromatic carbocycles. The van der Waals surface area contributed by atoms with E-state index in [0.29, 0.717) is 6.42 Å². The summed E-state index contributed by atoms with van der Waals surface area (Å²) in [6.07, 6.45) is 0.369. The molecule has 1 atom stereocenters. The molecule has 0 spiro atoms. The molecular weight excluding hydrogens is 270 g/mol. The van der Waals surface area contributed by atoms with E-state index in [1.54, 1.807) is 0 Å². The van der Waals surface area contributed by atoms with Gasteiger partial charge in [0, 0.05) is 10.5 Å². The Morgan fingerprint density at radius 1 is 1.30 bits per heavy atom. The maximum Gasteiger partial charge on any atom is 0.224 e. The van der Waals surface area contributed by atoms with Gasteiger partial charge in [0.15, 0.2) is 0 Å². The van der Waals surface area contributed by atoms with E-state index in [-0.39, 0.29) is 11.9 Å². The predicted molar refractivity (Wildman–Crippen MR) is 82.1 cm³/mol. The van der Waals surface area contributed by atoms with Crippen molar-refractivity contribution < 1.29 is 9.21 Å². The first-order chi connectivity index (χ1) is 9.45. The molecule has 0 aliphatic carbocycles. The number of hydrogen-bond donors (Lipinski definition) is 2. The molecule has 4 heteroatoms. The van der Waals surface area contributed by atoms with Gasteiger partial charge in [-0.15, -0.1) is 12.6 Å². The van der Waals surface area contributed by atoms with E-state index >= 15 is 0 Å². The molecule has 1 heterocycles. The van der Waals surface area contributed by atoms with Crippen molar-refractivity contribution in [2.75, 3.05) is 0 Å². The van der Waals surface area contributed by atoms with Crippen molar-refractivity contribution in [3.63, 3.8) is 0 Å². The van der Waals surface area contributed by atoms with E-state index in [4.69, 9.17) is 4.42 Å². The van der Waals surface area contributed by atoms with Crippen LogP contribution in [0.15, 0.2) is 39.6 Å². The van der Waals surface area contributed by atoms with E-state index in [1.165, 1.54) is 0 Å². The molecule has 0 bridgehead atoms. The minimum atomic E-state index is -0.0518. The molecule has 1 unspecified atom stereocenters. The summed E-state index contributed by atoms with van der Waals surface area (Å²) in [4.78, 5) is 12.9. The van der Waals surface area contributed by atoms with Gasteiger partial charge in [0.25, 0.3) is 0 Å². The van der Waals surface area contributed by atoms with Crippen LogP contribution in [0.2, 0.25) is 0 Å². The van der Waals surface area contributed by atoms with Crippen LogP contribution < -0.4 is 5.32 Å². The van der Waals surface area contributed by atoms with Crippen LogP contribution in [0.4, 0.5) is 0 Å². The van der Waals surface area contributed by atoms with Gasteiger partial charge in [0.1, 0.15) is 11.5 Å². The molecule has 0 aliphatic rings. The van der Waals surface area contributed by atoms with Crippen LogP contribution in [0.3, 0.4) is 0 Å². The Hall–Kier alpha value is -1.68. The number of carbonyl (C=O) groups is 1. The van der Waals surface area contributed by atoms with E-state index < -0.39 is 0 Å². The summed E-state index contributed by atoms with van der Waals surface area (Å²) >= 11 is 4.23. The van der Waals surface area contributed by atoms with Crippen molar-refractivity contribution in [2.24, 2.45) is 0 Å². The van der Waals surface area contributed by atoms with Crippen molar-refractivity contribution in [3.05, 3.63) is 53.0 Å². The second kappa shape index (κ2) is 6.18.